The summed E-state index contributed by atoms with van der Waals surface area (Å²) in [6.45, 7) is 7.37. The van der Waals surface area contributed by atoms with Gasteiger partial charge in [-0.2, -0.15) is 0 Å². The van der Waals surface area contributed by atoms with Crippen molar-refractivity contribution >= 4 is 0 Å². The summed E-state index contributed by atoms with van der Waals surface area (Å²) in [5.74, 6) is 0.838. The summed E-state index contributed by atoms with van der Waals surface area (Å²) in [4.78, 5) is 9.41. The lowest BCUT2D eigenvalue weighted by Gasteiger charge is -2.11. The second kappa shape index (κ2) is 7.32. The Morgan fingerprint density at radius 1 is 1.00 bits per heavy atom. The Balaban J connectivity index is 2.25. The average molecular weight is 283 g/mol. The van der Waals surface area contributed by atoms with E-state index in [1.807, 2.05) is 7.05 Å². The minimum Gasteiger partial charge on any atom is -0.320 e. The fourth-order valence-corrected chi connectivity index (χ4v) is 2.56. The zero-order valence-corrected chi connectivity index (χ0v) is 13.5. The molecule has 0 amide bonds. The van der Waals surface area contributed by atoms with Gasteiger partial charge in [0, 0.05) is 17.0 Å². The van der Waals surface area contributed by atoms with Gasteiger partial charge in [0.15, 0.2) is 5.82 Å². The Bertz CT molecular complexity index is 565. The van der Waals surface area contributed by atoms with Gasteiger partial charge < -0.3 is 5.32 Å². The van der Waals surface area contributed by atoms with E-state index in [4.69, 9.17) is 9.97 Å². The molecular weight excluding hydrogens is 258 g/mol. The molecule has 2 rings (SSSR count). The van der Waals surface area contributed by atoms with E-state index in [0.29, 0.717) is 0 Å². The number of benzene rings is 1. The SMILES string of the molecule is CCc1ccc(-c2nc(C)c(CCCNC)c(C)n2)cc1. The molecule has 112 valence electrons. The van der Waals surface area contributed by atoms with E-state index in [-0.39, 0.29) is 0 Å². The molecule has 21 heavy (non-hydrogen) atoms. The van der Waals surface area contributed by atoms with Crippen LogP contribution in [0.15, 0.2) is 24.3 Å². The molecule has 1 N–H and O–H groups in total. The lowest BCUT2D eigenvalue weighted by Crippen LogP contribution is -2.10. The second-order valence-corrected chi connectivity index (χ2v) is 5.45. The van der Waals surface area contributed by atoms with Crippen LogP contribution in [0, 0.1) is 13.8 Å². The Kier molecular flexibility index (Phi) is 5.45. The lowest BCUT2D eigenvalue weighted by molar-refractivity contribution is 0.715. The molecule has 1 aromatic carbocycles. The highest BCUT2D eigenvalue weighted by Crippen LogP contribution is 2.20. The van der Waals surface area contributed by atoms with Gasteiger partial charge in [0.25, 0.3) is 0 Å². The van der Waals surface area contributed by atoms with Gasteiger partial charge in [0.1, 0.15) is 0 Å². The number of nitrogens with one attached hydrogen (secondary N) is 1. The summed E-state index contributed by atoms with van der Waals surface area (Å²) in [7, 11) is 1.99. The molecule has 0 aliphatic carbocycles. The molecule has 0 aliphatic rings. The van der Waals surface area contributed by atoms with Crippen LogP contribution in [0.1, 0.15) is 35.9 Å². The number of rotatable bonds is 6. The predicted octanol–water partition coefficient (Wildman–Crippen LogP) is 3.47. The van der Waals surface area contributed by atoms with Gasteiger partial charge in [-0.15, -0.1) is 0 Å². The lowest BCUT2D eigenvalue weighted by atomic mass is 10.1. The van der Waals surface area contributed by atoms with E-state index in [1.54, 1.807) is 0 Å². The summed E-state index contributed by atoms with van der Waals surface area (Å²) in [5.41, 5.74) is 5.94. The number of aryl methyl sites for hydroxylation is 3. The minimum atomic E-state index is 0.838. The first-order valence-corrected chi connectivity index (χ1v) is 7.73. The zero-order valence-electron chi connectivity index (χ0n) is 13.5. The van der Waals surface area contributed by atoms with E-state index < -0.39 is 0 Å². The van der Waals surface area contributed by atoms with Crippen LogP contribution in [-0.2, 0) is 12.8 Å². The van der Waals surface area contributed by atoms with Crippen molar-refractivity contribution in [1.82, 2.24) is 15.3 Å². The molecule has 0 unspecified atom stereocenters. The van der Waals surface area contributed by atoms with Crippen molar-refractivity contribution in [3.8, 4) is 11.4 Å². The molecule has 1 heterocycles. The van der Waals surface area contributed by atoms with Crippen molar-refractivity contribution in [2.45, 2.75) is 40.0 Å². The third kappa shape index (κ3) is 3.88. The Hall–Kier alpha value is -1.74. The van der Waals surface area contributed by atoms with Crippen molar-refractivity contribution < 1.29 is 0 Å². The highest BCUT2D eigenvalue weighted by molar-refractivity contribution is 5.56. The third-order valence-corrected chi connectivity index (χ3v) is 3.89. The standard InChI is InChI=1S/C18H25N3/c1-5-15-8-10-16(11-9-15)18-20-13(2)17(14(3)21-18)7-6-12-19-4/h8-11,19H,5-7,12H2,1-4H3. The number of hydrogen-bond donors (Lipinski definition) is 1. The van der Waals surface area contributed by atoms with Crippen molar-refractivity contribution in [2.75, 3.05) is 13.6 Å². The van der Waals surface area contributed by atoms with Gasteiger partial charge in [-0.05, 0) is 57.8 Å². The van der Waals surface area contributed by atoms with Crippen molar-refractivity contribution in [2.24, 2.45) is 0 Å². The fraction of sp³-hybridized carbons (Fsp3) is 0.444. The van der Waals surface area contributed by atoms with E-state index in [1.165, 1.54) is 11.1 Å². The summed E-state index contributed by atoms with van der Waals surface area (Å²) < 4.78 is 0. The van der Waals surface area contributed by atoms with E-state index in [9.17, 15) is 0 Å². The molecule has 3 nitrogen and oxygen atoms in total. The highest BCUT2D eigenvalue weighted by atomic mass is 14.9. The van der Waals surface area contributed by atoms with Gasteiger partial charge in [-0.3, -0.25) is 0 Å². The fourth-order valence-electron chi connectivity index (χ4n) is 2.56. The normalized spacial score (nSPS) is 10.9. The zero-order chi connectivity index (χ0) is 15.2. The first-order chi connectivity index (χ1) is 10.2. The topological polar surface area (TPSA) is 37.8 Å². The third-order valence-electron chi connectivity index (χ3n) is 3.89. The maximum atomic E-state index is 4.71. The van der Waals surface area contributed by atoms with Crippen LogP contribution >= 0.6 is 0 Å². The van der Waals surface area contributed by atoms with Crippen LogP contribution in [-0.4, -0.2) is 23.6 Å². The van der Waals surface area contributed by atoms with Crippen LogP contribution in [0.4, 0.5) is 0 Å². The molecule has 0 saturated heterocycles. The molecule has 0 fully saturated rings. The summed E-state index contributed by atoms with van der Waals surface area (Å²) in [6.07, 6.45) is 3.21. The second-order valence-electron chi connectivity index (χ2n) is 5.45. The molecule has 1 aromatic heterocycles. The van der Waals surface area contributed by atoms with Gasteiger partial charge in [0.05, 0.1) is 0 Å². The maximum absolute atomic E-state index is 4.71. The molecule has 0 bridgehead atoms. The largest absolute Gasteiger partial charge is 0.320 e. The molecule has 0 saturated carbocycles. The van der Waals surface area contributed by atoms with E-state index >= 15 is 0 Å². The van der Waals surface area contributed by atoms with Gasteiger partial charge in [-0.1, -0.05) is 31.2 Å². The highest BCUT2D eigenvalue weighted by Gasteiger charge is 2.09. The van der Waals surface area contributed by atoms with Gasteiger partial charge in [-0.25, -0.2) is 9.97 Å². The average Bonchev–Trinajstić information content (AvgIpc) is 2.50. The summed E-state index contributed by atoms with van der Waals surface area (Å²) >= 11 is 0. The Labute approximate surface area is 127 Å². The summed E-state index contributed by atoms with van der Waals surface area (Å²) in [6, 6.07) is 8.55. The van der Waals surface area contributed by atoms with E-state index in [2.05, 4.69) is 50.4 Å². The Morgan fingerprint density at radius 2 is 1.62 bits per heavy atom. The molecule has 0 radical (unpaired) electrons. The van der Waals surface area contributed by atoms with Crippen LogP contribution in [0.2, 0.25) is 0 Å². The summed E-state index contributed by atoms with van der Waals surface area (Å²) in [5, 5.41) is 3.18. The monoisotopic (exact) mass is 283 g/mol. The molecular formula is C18H25N3. The molecule has 2 aromatic rings. The quantitative estimate of drug-likeness (QED) is 0.825. The number of hydrogen-bond acceptors (Lipinski definition) is 3. The van der Waals surface area contributed by atoms with Crippen LogP contribution in [0.3, 0.4) is 0 Å². The first kappa shape index (κ1) is 15.6. The van der Waals surface area contributed by atoms with Crippen LogP contribution in [0.5, 0.6) is 0 Å². The molecule has 0 atom stereocenters. The van der Waals surface area contributed by atoms with Crippen molar-refractivity contribution in [3.05, 3.63) is 46.8 Å². The van der Waals surface area contributed by atoms with Crippen LogP contribution < -0.4 is 5.32 Å². The molecule has 0 aliphatic heterocycles. The smallest absolute Gasteiger partial charge is 0.159 e. The Morgan fingerprint density at radius 3 is 2.14 bits per heavy atom. The first-order valence-electron chi connectivity index (χ1n) is 7.73. The van der Waals surface area contributed by atoms with Crippen molar-refractivity contribution in [3.63, 3.8) is 0 Å². The van der Waals surface area contributed by atoms with Crippen LogP contribution in [0.25, 0.3) is 11.4 Å². The molecule has 0 spiro atoms. The predicted molar refractivity (Wildman–Crippen MR) is 88.6 cm³/mol. The molecule has 3 heteroatoms. The number of aromatic nitrogens is 2. The van der Waals surface area contributed by atoms with Gasteiger partial charge >= 0.3 is 0 Å². The van der Waals surface area contributed by atoms with E-state index in [0.717, 1.165) is 48.6 Å². The maximum Gasteiger partial charge on any atom is 0.159 e. The van der Waals surface area contributed by atoms with Gasteiger partial charge in [0.2, 0.25) is 0 Å². The minimum absolute atomic E-state index is 0.838. The van der Waals surface area contributed by atoms with Crippen molar-refractivity contribution in [1.29, 1.82) is 0 Å². The number of nitrogens with zero attached hydrogens (tertiary/aromatic N) is 2.